The molecule has 5 aromatic rings. The molecule has 6 rings (SSSR count). The number of aromatic nitrogens is 2. The van der Waals surface area contributed by atoms with Gasteiger partial charge in [0.1, 0.15) is 0 Å². The summed E-state index contributed by atoms with van der Waals surface area (Å²) in [5.74, 6) is 1.03. The lowest BCUT2D eigenvalue weighted by Crippen LogP contribution is -2.49. The molecule has 4 aromatic carbocycles. The van der Waals surface area contributed by atoms with Crippen LogP contribution in [-0.4, -0.2) is 47.2 Å². The van der Waals surface area contributed by atoms with Crippen molar-refractivity contribution in [3.8, 4) is 22.4 Å². The van der Waals surface area contributed by atoms with Crippen LogP contribution in [0.3, 0.4) is 0 Å². The van der Waals surface area contributed by atoms with Crippen LogP contribution < -0.4 is 4.90 Å². The first-order valence-electron chi connectivity index (χ1n) is 12.7. The molecule has 0 saturated carbocycles. The van der Waals surface area contributed by atoms with Crippen molar-refractivity contribution in [2.75, 3.05) is 31.1 Å². The molecule has 1 amide bonds. The molecule has 0 N–H and O–H groups in total. The Balaban J connectivity index is 1.05. The number of carbonyl (C=O) groups excluding carboxylic acids is 1. The summed E-state index contributed by atoms with van der Waals surface area (Å²) in [6.45, 7) is 2.88. The maximum Gasteiger partial charge on any atom is 0.227 e. The lowest BCUT2D eigenvalue weighted by molar-refractivity contribution is -0.130. The molecule has 5 nitrogen and oxygen atoms in total. The molecule has 1 aliphatic rings. The van der Waals surface area contributed by atoms with Crippen LogP contribution in [0.15, 0.2) is 109 Å². The fraction of sp³-hybridized carbons (Fsp3) is 0.156. The molecule has 0 spiro atoms. The van der Waals surface area contributed by atoms with Crippen molar-refractivity contribution in [1.82, 2.24) is 15.1 Å². The molecule has 0 aliphatic carbocycles. The van der Waals surface area contributed by atoms with E-state index in [0.29, 0.717) is 19.5 Å². The summed E-state index contributed by atoms with van der Waals surface area (Å²) in [5.41, 5.74) is 5.32. The van der Waals surface area contributed by atoms with Crippen molar-refractivity contribution in [2.45, 2.75) is 6.42 Å². The summed E-state index contributed by atoms with van der Waals surface area (Å²) in [4.78, 5) is 17.1. The molecule has 2 heterocycles. The number of hydrogen-bond donors (Lipinski definition) is 0. The lowest BCUT2D eigenvalue weighted by Gasteiger charge is -2.35. The smallest absolute Gasteiger partial charge is 0.227 e. The zero-order valence-electron chi connectivity index (χ0n) is 20.6. The van der Waals surface area contributed by atoms with Crippen molar-refractivity contribution < 1.29 is 4.79 Å². The third-order valence-corrected chi connectivity index (χ3v) is 7.07. The summed E-state index contributed by atoms with van der Waals surface area (Å²) in [5, 5.41) is 11.4. The number of amides is 1. The van der Waals surface area contributed by atoms with Gasteiger partial charge in [-0.15, -0.1) is 10.2 Å². The van der Waals surface area contributed by atoms with Crippen molar-refractivity contribution in [3.05, 3.63) is 115 Å². The molecule has 0 radical (unpaired) electrons. The van der Waals surface area contributed by atoms with Gasteiger partial charge in [-0.2, -0.15) is 0 Å². The van der Waals surface area contributed by atoms with Gasteiger partial charge in [-0.3, -0.25) is 4.79 Å². The summed E-state index contributed by atoms with van der Waals surface area (Å²) in [6.07, 6.45) is 0.426. The van der Waals surface area contributed by atoms with E-state index in [-0.39, 0.29) is 5.91 Å². The largest absolute Gasteiger partial charge is 0.352 e. The highest BCUT2D eigenvalue weighted by atomic mass is 16.2. The van der Waals surface area contributed by atoms with Crippen LogP contribution in [0.2, 0.25) is 0 Å². The second kappa shape index (κ2) is 10.2. The summed E-state index contributed by atoms with van der Waals surface area (Å²) in [6, 6.07) is 37.3. The second-order valence-corrected chi connectivity index (χ2v) is 9.45. The van der Waals surface area contributed by atoms with Gasteiger partial charge in [0.2, 0.25) is 5.91 Å². The minimum Gasteiger partial charge on any atom is -0.352 e. The highest BCUT2D eigenvalue weighted by Gasteiger charge is 2.22. The third kappa shape index (κ3) is 5.07. The summed E-state index contributed by atoms with van der Waals surface area (Å²) >= 11 is 0. The molecule has 0 bridgehead atoms. The Labute approximate surface area is 217 Å². The number of benzene rings is 4. The predicted octanol–water partition coefficient (Wildman–Crippen LogP) is 5.86. The summed E-state index contributed by atoms with van der Waals surface area (Å²) in [7, 11) is 0. The van der Waals surface area contributed by atoms with E-state index in [1.165, 1.54) is 16.3 Å². The molecule has 1 aromatic heterocycles. The Kier molecular flexibility index (Phi) is 6.34. The minimum absolute atomic E-state index is 0.171. The number of carbonyl (C=O) groups is 1. The van der Waals surface area contributed by atoms with E-state index >= 15 is 0 Å². The van der Waals surface area contributed by atoms with Gasteiger partial charge in [0, 0.05) is 31.7 Å². The van der Waals surface area contributed by atoms with Gasteiger partial charge < -0.3 is 9.80 Å². The number of piperazine rings is 1. The molecule has 0 atom stereocenters. The van der Waals surface area contributed by atoms with Crippen LogP contribution in [0.4, 0.5) is 5.82 Å². The molecular weight excluding hydrogens is 456 g/mol. The Morgan fingerprint density at radius 1 is 0.622 bits per heavy atom. The minimum atomic E-state index is 0.171. The van der Waals surface area contributed by atoms with Crippen LogP contribution in [-0.2, 0) is 11.2 Å². The zero-order valence-corrected chi connectivity index (χ0v) is 20.6. The Hall–Kier alpha value is -4.51. The fourth-order valence-corrected chi connectivity index (χ4v) is 4.91. The van der Waals surface area contributed by atoms with E-state index in [9.17, 15) is 4.79 Å². The average molecular weight is 485 g/mol. The van der Waals surface area contributed by atoms with Crippen LogP contribution in [0, 0.1) is 0 Å². The van der Waals surface area contributed by atoms with E-state index in [4.69, 9.17) is 0 Å². The molecule has 5 heteroatoms. The van der Waals surface area contributed by atoms with Crippen LogP contribution in [0.1, 0.15) is 5.56 Å². The molecule has 37 heavy (non-hydrogen) atoms. The molecule has 0 unspecified atom stereocenters. The molecule has 1 aliphatic heterocycles. The number of fused-ring (bicyclic) bond motifs is 1. The molecular formula is C32H28N4O. The van der Waals surface area contributed by atoms with Crippen molar-refractivity contribution in [3.63, 3.8) is 0 Å². The van der Waals surface area contributed by atoms with Crippen molar-refractivity contribution in [2.24, 2.45) is 0 Å². The van der Waals surface area contributed by atoms with Crippen molar-refractivity contribution >= 4 is 22.5 Å². The van der Waals surface area contributed by atoms with Gasteiger partial charge in [0.15, 0.2) is 5.82 Å². The first-order valence-corrected chi connectivity index (χ1v) is 12.7. The van der Waals surface area contributed by atoms with Gasteiger partial charge in [-0.05, 0) is 45.7 Å². The predicted molar refractivity (Wildman–Crippen MR) is 149 cm³/mol. The van der Waals surface area contributed by atoms with Gasteiger partial charge in [0.25, 0.3) is 0 Å². The van der Waals surface area contributed by atoms with Crippen LogP contribution >= 0.6 is 0 Å². The maximum absolute atomic E-state index is 12.9. The Morgan fingerprint density at radius 2 is 1.30 bits per heavy atom. The Morgan fingerprint density at radius 3 is 2.03 bits per heavy atom. The number of rotatable bonds is 5. The van der Waals surface area contributed by atoms with E-state index in [2.05, 4.69) is 81.8 Å². The summed E-state index contributed by atoms with van der Waals surface area (Å²) < 4.78 is 0. The normalized spacial score (nSPS) is 13.6. The topological polar surface area (TPSA) is 49.3 Å². The van der Waals surface area contributed by atoms with Gasteiger partial charge in [-0.1, -0.05) is 91.0 Å². The number of anilines is 1. The van der Waals surface area contributed by atoms with Crippen LogP contribution in [0.5, 0.6) is 0 Å². The quantitative estimate of drug-likeness (QED) is 0.314. The van der Waals surface area contributed by atoms with Gasteiger partial charge in [0.05, 0.1) is 12.1 Å². The molecule has 1 saturated heterocycles. The highest BCUT2D eigenvalue weighted by molar-refractivity contribution is 5.86. The molecule has 1 fully saturated rings. The lowest BCUT2D eigenvalue weighted by atomic mass is 10.0. The van der Waals surface area contributed by atoms with E-state index in [0.717, 1.165) is 41.3 Å². The number of nitrogens with zero attached hydrogens (tertiary/aromatic N) is 4. The van der Waals surface area contributed by atoms with E-state index < -0.39 is 0 Å². The third-order valence-electron chi connectivity index (χ3n) is 7.07. The monoisotopic (exact) mass is 484 g/mol. The zero-order chi connectivity index (χ0) is 25.0. The van der Waals surface area contributed by atoms with Crippen molar-refractivity contribution in [1.29, 1.82) is 0 Å². The van der Waals surface area contributed by atoms with E-state index in [1.54, 1.807) is 0 Å². The number of hydrogen-bond acceptors (Lipinski definition) is 4. The molecule has 182 valence electrons. The SMILES string of the molecule is O=C(Cc1ccc(-c2ccccc2)cc1)N1CCN(c2ccc(-c3ccc4ccccc4c3)nn2)CC1. The Bertz CT molecular complexity index is 1510. The highest BCUT2D eigenvalue weighted by Crippen LogP contribution is 2.24. The van der Waals surface area contributed by atoms with Gasteiger partial charge >= 0.3 is 0 Å². The first-order chi connectivity index (χ1) is 18.2. The maximum atomic E-state index is 12.9. The van der Waals surface area contributed by atoms with E-state index in [1.807, 2.05) is 47.4 Å². The second-order valence-electron chi connectivity index (χ2n) is 9.45. The van der Waals surface area contributed by atoms with Crippen LogP contribution in [0.25, 0.3) is 33.2 Å². The fourth-order valence-electron chi connectivity index (χ4n) is 4.91. The standard InChI is InChI=1S/C32H28N4O/c37-32(22-24-10-12-27(13-11-24)25-6-2-1-3-7-25)36-20-18-35(19-21-36)31-17-16-30(33-34-31)29-15-14-26-8-4-5-9-28(26)23-29/h1-17,23H,18-22H2. The first kappa shape index (κ1) is 22.9. The average Bonchev–Trinajstić information content (AvgIpc) is 2.98. The van der Waals surface area contributed by atoms with Gasteiger partial charge in [-0.25, -0.2) is 0 Å².